The first kappa shape index (κ1) is 13.0. The maximum Gasteiger partial charge on any atom is 0.0450 e. The van der Waals surface area contributed by atoms with Crippen LogP contribution in [0.25, 0.3) is 0 Å². The minimum absolute atomic E-state index is 0.541. The Morgan fingerprint density at radius 3 is 3.00 bits per heavy atom. The molecule has 1 aromatic rings. The first-order valence-corrected chi connectivity index (χ1v) is 7.16. The predicted octanol–water partition coefficient (Wildman–Crippen LogP) is 1.64. The lowest BCUT2D eigenvalue weighted by atomic mass is 10.0. The molecule has 0 radical (unpaired) electrons. The van der Waals surface area contributed by atoms with Crippen LogP contribution in [0.1, 0.15) is 17.3 Å². The zero-order valence-electron chi connectivity index (χ0n) is 11.0. The van der Waals surface area contributed by atoms with Gasteiger partial charge >= 0.3 is 0 Å². The summed E-state index contributed by atoms with van der Waals surface area (Å²) in [5, 5.41) is 5.81. The molecule has 96 valence electrons. The molecule has 0 bridgehead atoms. The van der Waals surface area contributed by atoms with Crippen molar-refractivity contribution in [1.29, 1.82) is 0 Å². The van der Waals surface area contributed by atoms with Crippen LogP contribution in [0.5, 0.6) is 0 Å². The molecule has 0 aliphatic carbocycles. The molecule has 0 saturated carbocycles. The number of nitrogens with one attached hydrogen (secondary N) is 1. The average molecular weight is 253 g/mol. The largest absolute Gasteiger partial charge is 0.311 e. The zero-order chi connectivity index (χ0) is 12.3. The van der Waals surface area contributed by atoms with Crippen LogP contribution in [0, 0.1) is 0 Å². The fourth-order valence-corrected chi connectivity index (χ4v) is 3.42. The summed E-state index contributed by atoms with van der Waals surface area (Å²) in [4.78, 5) is 6.23. The standard InChI is InChI=1S/C13H23N3S/c1-15(2)12(13-5-4-8-17-13)9-11-10-16(3)7-6-14-11/h4-5,8,11-12,14H,6-7,9-10H2,1-3H3. The van der Waals surface area contributed by atoms with E-state index in [1.807, 2.05) is 11.3 Å². The molecule has 1 aliphatic rings. The van der Waals surface area contributed by atoms with E-state index in [1.165, 1.54) is 17.8 Å². The van der Waals surface area contributed by atoms with Gasteiger partial charge in [0.25, 0.3) is 0 Å². The van der Waals surface area contributed by atoms with Gasteiger partial charge in [0, 0.05) is 36.6 Å². The molecule has 2 unspecified atom stereocenters. The summed E-state index contributed by atoms with van der Waals surface area (Å²) < 4.78 is 0. The molecule has 1 saturated heterocycles. The van der Waals surface area contributed by atoms with Crippen molar-refractivity contribution in [2.45, 2.75) is 18.5 Å². The molecule has 3 nitrogen and oxygen atoms in total. The molecular weight excluding hydrogens is 230 g/mol. The second-order valence-corrected chi connectivity index (χ2v) is 6.12. The van der Waals surface area contributed by atoms with Crippen LogP contribution in [0.15, 0.2) is 17.5 Å². The third kappa shape index (κ3) is 3.52. The van der Waals surface area contributed by atoms with Crippen molar-refractivity contribution in [2.75, 3.05) is 40.8 Å². The van der Waals surface area contributed by atoms with E-state index in [9.17, 15) is 0 Å². The maximum atomic E-state index is 3.63. The first-order valence-electron chi connectivity index (χ1n) is 6.28. The van der Waals surface area contributed by atoms with Gasteiger partial charge in [0.1, 0.15) is 0 Å². The molecule has 2 atom stereocenters. The number of likely N-dealkylation sites (N-methyl/N-ethyl adjacent to an activating group) is 1. The Morgan fingerprint density at radius 2 is 2.41 bits per heavy atom. The van der Waals surface area contributed by atoms with Crippen molar-refractivity contribution in [3.63, 3.8) is 0 Å². The van der Waals surface area contributed by atoms with Gasteiger partial charge in [-0.15, -0.1) is 11.3 Å². The van der Waals surface area contributed by atoms with Crippen LogP contribution in [0.4, 0.5) is 0 Å². The quantitative estimate of drug-likeness (QED) is 0.880. The van der Waals surface area contributed by atoms with Gasteiger partial charge in [0.15, 0.2) is 0 Å². The molecular formula is C13H23N3S. The maximum absolute atomic E-state index is 3.63. The summed E-state index contributed by atoms with van der Waals surface area (Å²) in [7, 11) is 6.57. The molecule has 0 aromatic carbocycles. The summed E-state index contributed by atoms with van der Waals surface area (Å²) in [6, 6.07) is 5.56. The number of rotatable bonds is 4. The molecule has 1 N–H and O–H groups in total. The van der Waals surface area contributed by atoms with Gasteiger partial charge in [-0.1, -0.05) is 6.07 Å². The summed E-state index contributed by atoms with van der Waals surface area (Å²) in [6.07, 6.45) is 1.19. The number of piperazine rings is 1. The van der Waals surface area contributed by atoms with Crippen molar-refractivity contribution in [3.8, 4) is 0 Å². The van der Waals surface area contributed by atoms with Gasteiger partial charge in [-0.3, -0.25) is 0 Å². The van der Waals surface area contributed by atoms with Crippen LogP contribution >= 0.6 is 11.3 Å². The fourth-order valence-electron chi connectivity index (χ4n) is 2.48. The topological polar surface area (TPSA) is 18.5 Å². The molecule has 2 heterocycles. The molecule has 0 spiro atoms. The third-order valence-corrected chi connectivity index (χ3v) is 4.43. The van der Waals surface area contributed by atoms with E-state index >= 15 is 0 Å². The smallest absolute Gasteiger partial charge is 0.0450 e. The SMILES string of the molecule is CN1CCNC(CC(c2cccs2)N(C)C)C1. The number of nitrogens with zero attached hydrogens (tertiary/aromatic N) is 2. The minimum atomic E-state index is 0.541. The molecule has 1 fully saturated rings. The van der Waals surface area contributed by atoms with E-state index in [4.69, 9.17) is 0 Å². The summed E-state index contributed by atoms with van der Waals surface area (Å²) in [5.74, 6) is 0. The van der Waals surface area contributed by atoms with Crippen LogP contribution in [0.2, 0.25) is 0 Å². The van der Waals surface area contributed by atoms with Crippen molar-refractivity contribution in [1.82, 2.24) is 15.1 Å². The fraction of sp³-hybridized carbons (Fsp3) is 0.692. The number of hydrogen-bond donors (Lipinski definition) is 1. The minimum Gasteiger partial charge on any atom is -0.311 e. The first-order chi connectivity index (χ1) is 8.16. The lowest BCUT2D eigenvalue weighted by Gasteiger charge is -2.34. The normalized spacial score (nSPS) is 24.1. The van der Waals surface area contributed by atoms with Gasteiger partial charge in [-0.25, -0.2) is 0 Å². The van der Waals surface area contributed by atoms with E-state index in [-0.39, 0.29) is 0 Å². The van der Waals surface area contributed by atoms with Crippen LogP contribution in [-0.2, 0) is 0 Å². The van der Waals surface area contributed by atoms with E-state index < -0.39 is 0 Å². The van der Waals surface area contributed by atoms with E-state index in [1.54, 1.807) is 0 Å². The molecule has 17 heavy (non-hydrogen) atoms. The Bertz CT molecular complexity index is 323. The van der Waals surface area contributed by atoms with Gasteiger partial charge < -0.3 is 15.1 Å². The van der Waals surface area contributed by atoms with Crippen LogP contribution in [0.3, 0.4) is 0 Å². The van der Waals surface area contributed by atoms with E-state index in [2.05, 4.69) is 53.8 Å². The Kier molecular flexibility index (Phi) is 4.56. The van der Waals surface area contributed by atoms with Gasteiger partial charge in [0.2, 0.25) is 0 Å². The summed E-state index contributed by atoms with van der Waals surface area (Å²) in [5.41, 5.74) is 0. The Balaban J connectivity index is 1.98. The van der Waals surface area contributed by atoms with Crippen molar-refractivity contribution in [2.24, 2.45) is 0 Å². The zero-order valence-corrected chi connectivity index (χ0v) is 11.8. The monoisotopic (exact) mass is 253 g/mol. The average Bonchev–Trinajstić information content (AvgIpc) is 2.78. The Labute approximate surface area is 108 Å². The second kappa shape index (κ2) is 5.96. The lowest BCUT2D eigenvalue weighted by molar-refractivity contribution is 0.191. The second-order valence-electron chi connectivity index (χ2n) is 5.14. The lowest BCUT2D eigenvalue weighted by Crippen LogP contribution is -2.50. The van der Waals surface area contributed by atoms with Gasteiger partial charge in [-0.2, -0.15) is 0 Å². The van der Waals surface area contributed by atoms with Crippen LogP contribution < -0.4 is 5.32 Å². The van der Waals surface area contributed by atoms with E-state index in [0.717, 1.165) is 13.1 Å². The highest BCUT2D eigenvalue weighted by Crippen LogP contribution is 2.27. The molecule has 0 amide bonds. The van der Waals surface area contributed by atoms with Gasteiger partial charge in [-0.05, 0) is 39.0 Å². The number of thiophene rings is 1. The highest BCUT2D eigenvalue weighted by atomic mass is 32.1. The Hall–Kier alpha value is -0.420. The van der Waals surface area contributed by atoms with E-state index in [0.29, 0.717) is 12.1 Å². The predicted molar refractivity (Wildman–Crippen MR) is 74.7 cm³/mol. The molecule has 2 rings (SSSR count). The Morgan fingerprint density at radius 1 is 1.59 bits per heavy atom. The van der Waals surface area contributed by atoms with Crippen LogP contribution in [-0.4, -0.2) is 56.6 Å². The molecule has 4 heteroatoms. The third-order valence-electron chi connectivity index (χ3n) is 3.46. The highest BCUT2D eigenvalue weighted by molar-refractivity contribution is 7.10. The molecule has 1 aliphatic heterocycles. The highest BCUT2D eigenvalue weighted by Gasteiger charge is 2.23. The number of hydrogen-bond acceptors (Lipinski definition) is 4. The van der Waals surface area contributed by atoms with Crippen molar-refractivity contribution >= 4 is 11.3 Å². The van der Waals surface area contributed by atoms with Gasteiger partial charge in [0.05, 0.1) is 0 Å². The van der Waals surface area contributed by atoms with Crippen molar-refractivity contribution in [3.05, 3.63) is 22.4 Å². The summed E-state index contributed by atoms with van der Waals surface area (Å²) in [6.45, 7) is 3.45. The van der Waals surface area contributed by atoms with Crippen molar-refractivity contribution < 1.29 is 0 Å². The molecule has 1 aromatic heterocycles. The summed E-state index contributed by atoms with van der Waals surface area (Å²) >= 11 is 1.87.